The van der Waals surface area contributed by atoms with Crippen LogP contribution in [0.5, 0.6) is 0 Å². The van der Waals surface area contributed by atoms with Crippen LogP contribution in [0.4, 0.5) is 17.2 Å². The Labute approximate surface area is 157 Å². The predicted molar refractivity (Wildman–Crippen MR) is 102 cm³/mol. The fourth-order valence-corrected chi connectivity index (χ4v) is 3.08. The summed E-state index contributed by atoms with van der Waals surface area (Å²) in [5, 5.41) is 17.0. The van der Waals surface area contributed by atoms with Gasteiger partial charge in [-0.1, -0.05) is 0 Å². The SMILES string of the molecule is O=C(NCCNc1cnccn1)c1cc([N+](=O)[O-])ccc1N1CCCCC1. The summed E-state index contributed by atoms with van der Waals surface area (Å²) in [4.78, 5) is 33.5. The number of hydrogen-bond acceptors (Lipinski definition) is 7. The first-order chi connectivity index (χ1) is 13.1. The second kappa shape index (κ2) is 8.93. The van der Waals surface area contributed by atoms with Crippen LogP contribution in [-0.4, -0.2) is 47.0 Å². The second-order valence-electron chi connectivity index (χ2n) is 6.28. The molecule has 1 aromatic heterocycles. The van der Waals surface area contributed by atoms with Crippen molar-refractivity contribution >= 4 is 23.1 Å². The van der Waals surface area contributed by atoms with Crippen LogP contribution < -0.4 is 15.5 Å². The monoisotopic (exact) mass is 370 g/mol. The average molecular weight is 370 g/mol. The number of nitrogens with zero attached hydrogens (tertiary/aromatic N) is 4. The molecule has 0 radical (unpaired) electrons. The first-order valence-corrected chi connectivity index (χ1v) is 8.96. The maximum absolute atomic E-state index is 12.7. The average Bonchev–Trinajstić information content (AvgIpc) is 2.72. The van der Waals surface area contributed by atoms with Gasteiger partial charge in [0, 0.05) is 50.7 Å². The van der Waals surface area contributed by atoms with E-state index in [1.54, 1.807) is 24.7 Å². The van der Waals surface area contributed by atoms with Gasteiger partial charge in [-0.25, -0.2) is 4.98 Å². The largest absolute Gasteiger partial charge is 0.371 e. The van der Waals surface area contributed by atoms with Crippen molar-refractivity contribution in [1.82, 2.24) is 15.3 Å². The minimum absolute atomic E-state index is 0.0846. The van der Waals surface area contributed by atoms with E-state index in [0.29, 0.717) is 24.5 Å². The molecular weight excluding hydrogens is 348 g/mol. The zero-order valence-corrected chi connectivity index (χ0v) is 14.9. The zero-order valence-electron chi connectivity index (χ0n) is 14.9. The molecule has 1 amide bonds. The Morgan fingerprint density at radius 2 is 2.00 bits per heavy atom. The Balaban J connectivity index is 1.67. The number of hydrogen-bond donors (Lipinski definition) is 2. The quantitative estimate of drug-likeness (QED) is 0.436. The molecule has 2 N–H and O–H groups in total. The number of non-ortho nitro benzene ring substituents is 1. The minimum atomic E-state index is -0.480. The lowest BCUT2D eigenvalue weighted by Gasteiger charge is -2.30. The molecule has 1 aliphatic heterocycles. The highest BCUT2D eigenvalue weighted by Gasteiger charge is 2.21. The van der Waals surface area contributed by atoms with E-state index in [4.69, 9.17) is 0 Å². The van der Waals surface area contributed by atoms with E-state index in [0.717, 1.165) is 31.6 Å². The van der Waals surface area contributed by atoms with E-state index in [-0.39, 0.29) is 11.6 Å². The third-order valence-corrected chi connectivity index (χ3v) is 4.41. The summed E-state index contributed by atoms with van der Waals surface area (Å²) < 4.78 is 0. The number of nitro benzene ring substituents is 1. The van der Waals surface area contributed by atoms with E-state index in [1.807, 2.05) is 0 Å². The number of carbonyl (C=O) groups excluding carboxylic acids is 1. The minimum Gasteiger partial charge on any atom is -0.371 e. The Morgan fingerprint density at radius 1 is 1.19 bits per heavy atom. The molecule has 0 aliphatic carbocycles. The van der Waals surface area contributed by atoms with Crippen molar-refractivity contribution in [2.45, 2.75) is 19.3 Å². The molecule has 9 nitrogen and oxygen atoms in total. The summed E-state index contributed by atoms with van der Waals surface area (Å²) in [6.07, 6.45) is 8.03. The van der Waals surface area contributed by atoms with Crippen molar-refractivity contribution in [3.05, 3.63) is 52.5 Å². The smallest absolute Gasteiger partial charge is 0.270 e. The number of anilines is 2. The molecule has 1 aliphatic rings. The Hall–Kier alpha value is -3.23. The molecule has 0 bridgehead atoms. The molecule has 0 atom stereocenters. The lowest BCUT2D eigenvalue weighted by molar-refractivity contribution is -0.384. The summed E-state index contributed by atoms with van der Waals surface area (Å²) in [5.41, 5.74) is 1.00. The van der Waals surface area contributed by atoms with Crippen LogP contribution in [0.25, 0.3) is 0 Å². The van der Waals surface area contributed by atoms with Gasteiger partial charge in [-0.3, -0.25) is 19.9 Å². The fourth-order valence-electron chi connectivity index (χ4n) is 3.08. The van der Waals surface area contributed by atoms with Crippen LogP contribution in [0.3, 0.4) is 0 Å². The molecule has 1 fully saturated rings. The molecule has 9 heteroatoms. The van der Waals surface area contributed by atoms with Gasteiger partial charge in [0.15, 0.2) is 0 Å². The maximum atomic E-state index is 12.7. The van der Waals surface area contributed by atoms with Gasteiger partial charge < -0.3 is 15.5 Å². The predicted octanol–water partition coefficient (Wildman–Crippen LogP) is 2.22. The summed E-state index contributed by atoms with van der Waals surface area (Å²) >= 11 is 0. The van der Waals surface area contributed by atoms with Crippen molar-refractivity contribution in [3.8, 4) is 0 Å². The van der Waals surface area contributed by atoms with Crippen LogP contribution in [0.15, 0.2) is 36.8 Å². The Morgan fingerprint density at radius 3 is 2.70 bits per heavy atom. The van der Waals surface area contributed by atoms with Crippen molar-refractivity contribution in [3.63, 3.8) is 0 Å². The first kappa shape index (κ1) is 18.6. The molecule has 0 saturated carbocycles. The summed E-state index contributed by atoms with van der Waals surface area (Å²) in [7, 11) is 0. The lowest BCUT2D eigenvalue weighted by Crippen LogP contribution is -2.34. The van der Waals surface area contributed by atoms with Gasteiger partial charge in [-0.05, 0) is 25.3 Å². The summed E-state index contributed by atoms with van der Waals surface area (Å²) in [6.45, 7) is 2.54. The maximum Gasteiger partial charge on any atom is 0.270 e. The zero-order chi connectivity index (χ0) is 19.1. The number of piperidine rings is 1. The third-order valence-electron chi connectivity index (χ3n) is 4.41. The molecule has 3 rings (SSSR count). The number of aromatic nitrogens is 2. The van der Waals surface area contributed by atoms with Crippen LogP contribution >= 0.6 is 0 Å². The molecule has 1 saturated heterocycles. The molecule has 142 valence electrons. The highest BCUT2D eigenvalue weighted by atomic mass is 16.6. The number of carbonyl (C=O) groups is 1. The van der Waals surface area contributed by atoms with Crippen LogP contribution in [-0.2, 0) is 0 Å². The van der Waals surface area contributed by atoms with Crippen LogP contribution in [0.2, 0.25) is 0 Å². The van der Waals surface area contributed by atoms with Gasteiger partial charge in [0.25, 0.3) is 11.6 Å². The van der Waals surface area contributed by atoms with E-state index in [9.17, 15) is 14.9 Å². The fraction of sp³-hybridized carbons (Fsp3) is 0.389. The second-order valence-corrected chi connectivity index (χ2v) is 6.28. The van der Waals surface area contributed by atoms with Gasteiger partial charge in [-0.15, -0.1) is 0 Å². The van der Waals surface area contributed by atoms with Gasteiger partial charge >= 0.3 is 0 Å². The number of benzene rings is 1. The van der Waals surface area contributed by atoms with Crippen molar-refractivity contribution in [2.24, 2.45) is 0 Å². The summed E-state index contributed by atoms with van der Waals surface area (Å²) in [6, 6.07) is 4.49. The van der Waals surface area contributed by atoms with Crippen molar-refractivity contribution in [2.75, 3.05) is 36.4 Å². The van der Waals surface area contributed by atoms with E-state index in [2.05, 4.69) is 25.5 Å². The van der Waals surface area contributed by atoms with Gasteiger partial charge in [-0.2, -0.15) is 0 Å². The molecule has 2 heterocycles. The van der Waals surface area contributed by atoms with Gasteiger partial charge in [0.2, 0.25) is 0 Å². The van der Waals surface area contributed by atoms with Crippen LogP contribution in [0.1, 0.15) is 29.6 Å². The highest BCUT2D eigenvalue weighted by Crippen LogP contribution is 2.28. The van der Waals surface area contributed by atoms with Gasteiger partial charge in [0.1, 0.15) is 5.82 Å². The normalized spacial score (nSPS) is 13.9. The topological polar surface area (TPSA) is 113 Å². The molecular formula is C18H22N6O3. The molecule has 0 unspecified atom stereocenters. The number of rotatable bonds is 7. The Kier molecular flexibility index (Phi) is 6.14. The molecule has 0 spiro atoms. The lowest BCUT2D eigenvalue weighted by atomic mass is 10.1. The summed E-state index contributed by atoms with van der Waals surface area (Å²) in [5.74, 6) is 0.302. The molecule has 2 aromatic rings. The first-order valence-electron chi connectivity index (χ1n) is 8.96. The van der Waals surface area contributed by atoms with Crippen molar-refractivity contribution < 1.29 is 9.72 Å². The molecule has 27 heavy (non-hydrogen) atoms. The van der Waals surface area contributed by atoms with E-state index < -0.39 is 4.92 Å². The highest BCUT2D eigenvalue weighted by molar-refractivity contribution is 6.00. The van der Waals surface area contributed by atoms with E-state index >= 15 is 0 Å². The van der Waals surface area contributed by atoms with E-state index in [1.165, 1.54) is 18.6 Å². The standard InChI is InChI=1S/C18H22N6O3/c25-18(22-9-8-21-17-13-19-6-7-20-17)15-12-14(24(26)27)4-5-16(15)23-10-2-1-3-11-23/h4-7,12-13H,1-3,8-11H2,(H,20,21)(H,22,25). The number of amides is 1. The van der Waals surface area contributed by atoms with Crippen LogP contribution in [0, 0.1) is 10.1 Å². The Bertz CT molecular complexity index is 793. The van der Waals surface area contributed by atoms with Crippen molar-refractivity contribution in [1.29, 1.82) is 0 Å². The molecule has 1 aromatic carbocycles. The number of nitrogens with one attached hydrogen (secondary N) is 2. The number of nitro groups is 1. The third kappa shape index (κ3) is 4.90. The van der Waals surface area contributed by atoms with Gasteiger partial charge in [0.05, 0.1) is 22.4 Å².